The average molecular weight is 293 g/mol. The Labute approximate surface area is 117 Å². The molecule has 2 rings (SSSR count). The second-order valence-electron chi connectivity index (χ2n) is 4.47. The van der Waals surface area contributed by atoms with Crippen molar-refractivity contribution in [1.29, 1.82) is 0 Å². The van der Waals surface area contributed by atoms with Gasteiger partial charge in [0.25, 0.3) is 0 Å². The summed E-state index contributed by atoms with van der Waals surface area (Å²) in [7, 11) is -3.24. The fourth-order valence-electron chi connectivity index (χ4n) is 1.74. The van der Waals surface area contributed by atoms with Gasteiger partial charge in [0.1, 0.15) is 11.5 Å². The van der Waals surface area contributed by atoms with E-state index in [2.05, 4.69) is 5.32 Å². The maximum atomic E-state index is 11.5. The molecular weight excluding hydrogens is 278 g/mol. The van der Waals surface area contributed by atoms with Gasteiger partial charge in [-0.3, -0.25) is 0 Å². The zero-order valence-corrected chi connectivity index (χ0v) is 11.7. The Morgan fingerprint density at radius 2 is 1.85 bits per heavy atom. The molecule has 0 saturated heterocycles. The lowest BCUT2D eigenvalue weighted by molar-refractivity contribution is 0.446. The highest BCUT2D eigenvalue weighted by atomic mass is 32.2. The standard InChI is InChI=1S/C14H15NO4S/c1-20(18,19)13-4-2-3-11(7-13)15-9-10-5-6-12(16)8-14(10)17/h2-8,15-17H,9H2,1H3. The molecule has 2 aromatic carbocycles. The number of aromatic hydroxyl groups is 2. The van der Waals surface area contributed by atoms with Gasteiger partial charge in [0, 0.05) is 30.1 Å². The van der Waals surface area contributed by atoms with Crippen molar-refractivity contribution in [1.82, 2.24) is 0 Å². The van der Waals surface area contributed by atoms with Crippen molar-refractivity contribution in [3.05, 3.63) is 48.0 Å². The molecule has 0 amide bonds. The molecule has 0 heterocycles. The van der Waals surface area contributed by atoms with Crippen molar-refractivity contribution in [2.24, 2.45) is 0 Å². The van der Waals surface area contributed by atoms with Crippen LogP contribution in [0.15, 0.2) is 47.4 Å². The van der Waals surface area contributed by atoms with Crippen LogP contribution in [0, 0.1) is 0 Å². The van der Waals surface area contributed by atoms with Crippen LogP contribution in [-0.4, -0.2) is 24.9 Å². The number of anilines is 1. The van der Waals surface area contributed by atoms with Gasteiger partial charge in [-0.2, -0.15) is 0 Å². The number of sulfone groups is 1. The second-order valence-corrected chi connectivity index (χ2v) is 6.48. The van der Waals surface area contributed by atoms with Gasteiger partial charge in [0.15, 0.2) is 9.84 Å². The van der Waals surface area contributed by atoms with Gasteiger partial charge in [0.05, 0.1) is 4.90 Å². The van der Waals surface area contributed by atoms with Crippen molar-refractivity contribution in [2.75, 3.05) is 11.6 Å². The summed E-state index contributed by atoms with van der Waals surface area (Å²) in [6.07, 6.45) is 1.15. The van der Waals surface area contributed by atoms with Crippen LogP contribution in [-0.2, 0) is 16.4 Å². The normalized spacial score (nSPS) is 11.2. The van der Waals surface area contributed by atoms with Gasteiger partial charge < -0.3 is 15.5 Å². The Morgan fingerprint density at radius 3 is 2.50 bits per heavy atom. The summed E-state index contributed by atoms with van der Waals surface area (Å²) in [4.78, 5) is 0.234. The van der Waals surface area contributed by atoms with E-state index in [1.807, 2.05) is 0 Å². The molecule has 0 aliphatic heterocycles. The largest absolute Gasteiger partial charge is 0.508 e. The van der Waals surface area contributed by atoms with Gasteiger partial charge in [0.2, 0.25) is 0 Å². The van der Waals surface area contributed by atoms with Crippen LogP contribution >= 0.6 is 0 Å². The lowest BCUT2D eigenvalue weighted by Crippen LogP contribution is -2.02. The monoisotopic (exact) mass is 293 g/mol. The minimum absolute atomic E-state index is 0.00896. The van der Waals surface area contributed by atoms with E-state index >= 15 is 0 Å². The van der Waals surface area contributed by atoms with E-state index in [-0.39, 0.29) is 16.4 Å². The van der Waals surface area contributed by atoms with Crippen LogP contribution in [0.3, 0.4) is 0 Å². The second kappa shape index (κ2) is 5.42. The Balaban J connectivity index is 2.15. The highest BCUT2D eigenvalue weighted by Crippen LogP contribution is 2.24. The Bertz CT molecular complexity index is 726. The molecule has 0 aliphatic rings. The van der Waals surface area contributed by atoms with E-state index in [1.165, 1.54) is 24.3 Å². The molecule has 0 aromatic heterocycles. The summed E-state index contributed by atoms with van der Waals surface area (Å²) in [5, 5.41) is 21.9. The molecule has 0 aliphatic carbocycles. The van der Waals surface area contributed by atoms with Crippen LogP contribution in [0.2, 0.25) is 0 Å². The molecule has 0 bridgehead atoms. The molecule has 0 unspecified atom stereocenters. The summed E-state index contributed by atoms with van der Waals surface area (Å²) >= 11 is 0. The molecule has 5 nitrogen and oxygen atoms in total. The van der Waals surface area contributed by atoms with Crippen molar-refractivity contribution in [2.45, 2.75) is 11.4 Å². The number of hydrogen-bond acceptors (Lipinski definition) is 5. The number of rotatable bonds is 4. The van der Waals surface area contributed by atoms with Crippen LogP contribution < -0.4 is 5.32 Å². The summed E-state index contributed by atoms with van der Waals surface area (Å²) in [6, 6.07) is 10.8. The van der Waals surface area contributed by atoms with Gasteiger partial charge in [-0.05, 0) is 30.3 Å². The zero-order valence-electron chi connectivity index (χ0n) is 10.9. The maximum Gasteiger partial charge on any atom is 0.175 e. The Morgan fingerprint density at radius 1 is 1.10 bits per heavy atom. The van der Waals surface area contributed by atoms with Gasteiger partial charge in [-0.25, -0.2) is 8.42 Å². The third kappa shape index (κ3) is 3.42. The molecule has 0 atom stereocenters. The van der Waals surface area contributed by atoms with Crippen LogP contribution in [0.5, 0.6) is 11.5 Å². The first-order valence-electron chi connectivity index (χ1n) is 5.91. The minimum atomic E-state index is -3.24. The first-order chi connectivity index (χ1) is 9.36. The smallest absolute Gasteiger partial charge is 0.175 e. The Hall–Kier alpha value is -2.21. The first-order valence-corrected chi connectivity index (χ1v) is 7.80. The lowest BCUT2D eigenvalue weighted by Gasteiger charge is -2.09. The van der Waals surface area contributed by atoms with Gasteiger partial charge in [-0.15, -0.1) is 0 Å². The highest BCUT2D eigenvalue weighted by molar-refractivity contribution is 7.90. The van der Waals surface area contributed by atoms with Crippen molar-refractivity contribution in [3.63, 3.8) is 0 Å². The quantitative estimate of drug-likeness (QED) is 0.803. The summed E-state index contributed by atoms with van der Waals surface area (Å²) in [5.41, 5.74) is 1.24. The topological polar surface area (TPSA) is 86.6 Å². The molecule has 3 N–H and O–H groups in total. The third-order valence-corrected chi connectivity index (χ3v) is 3.92. The number of phenolic OH excluding ortho intramolecular Hbond substituents is 2. The summed E-state index contributed by atoms with van der Waals surface area (Å²) in [5.74, 6) is -0.0258. The van der Waals surface area contributed by atoms with Crippen molar-refractivity contribution < 1.29 is 18.6 Å². The SMILES string of the molecule is CS(=O)(=O)c1cccc(NCc2ccc(O)cc2O)c1. The molecule has 0 spiro atoms. The summed E-state index contributed by atoms with van der Waals surface area (Å²) < 4.78 is 22.9. The third-order valence-electron chi connectivity index (χ3n) is 2.81. The molecular formula is C14H15NO4S. The van der Waals surface area contributed by atoms with Gasteiger partial charge in [-0.1, -0.05) is 6.07 Å². The molecule has 0 fully saturated rings. The van der Waals surface area contributed by atoms with E-state index in [9.17, 15) is 18.6 Å². The highest BCUT2D eigenvalue weighted by Gasteiger charge is 2.07. The fourth-order valence-corrected chi connectivity index (χ4v) is 2.40. The van der Waals surface area contributed by atoms with Crippen LogP contribution in [0.1, 0.15) is 5.56 Å². The maximum absolute atomic E-state index is 11.5. The van der Waals surface area contributed by atoms with Crippen LogP contribution in [0.4, 0.5) is 5.69 Å². The Kier molecular flexibility index (Phi) is 3.85. The predicted molar refractivity (Wildman–Crippen MR) is 76.7 cm³/mol. The van der Waals surface area contributed by atoms with Crippen molar-refractivity contribution in [3.8, 4) is 11.5 Å². The average Bonchev–Trinajstić information content (AvgIpc) is 2.37. The molecule has 0 radical (unpaired) electrons. The minimum Gasteiger partial charge on any atom is -0.508 e. The van der Waals surface area contributed by atoms with Crippen molar-refractivity contribution >= 4 is 15.5 Å². The van der Waals surface area contributed by atoms with E-state index < -0.39 is 9.84 Å². The summed E-state index contributed by atoms with van der Waals surface area (Å²) in [6.45, 7) is 0.319. The van der Waals surface area contributed by atoms with E-state index in [0.29, 0.717) is 17.8 Å². The van der Waals surface area contributed by atoms with Gasteiger partial charge >= 0.3 is 0 Å². The predicted octanol–water partition coefficient (Wildman–Crippen LogP) is 2.11. The molecule has 2 aromatic rings. The van der Waals surface area contributed by atoms with E-state index in [4.69, 9.17) is 0 Å². The fraction of sp³-hybridized carbons (Fsp3) is 0.143. The lowest BCUT2D eigenvalue weighted by atomic mass is 10.2. The van der Waals surface area contributed by atoms with E-state index in [0.717, 1.165) is 6.26 Å². The molecule has 6 heteroatoms. The zero-order chi connectivity index (χ0) is 14.8. The molecule has 106 valence electrons. The first kappa shape index (κ1) is 14.2. The number of benzene rings is 2. The molecule has 20 heavy (non-hydrogen) atoms. The number of nitrogens with one attached hydrogen (secondary N) is 1. The van der Waals surface area contributed by atoms with E-state index in [1.54, 1.807) is 18.2 Å². The number of phenols is 2. The molecule has 0 saturated carbocycles. The van der Waals surface area contributed by atoms with Crippen LogP contribution in [0.25, 0.3) is 0 Å². The number of hydrogen-bond donors (Lipinski definition) is 3.